The molecule has 1 N–H and O–H groups in total. The van der Waals surface area contributed by atoms with Crippen molar-refractivity contribution in [2.24, 2.45) is 5.41 Å². The minimum Gasteiger partial charge on any atom is -0.366 e. The number of imidazole rings is 1. The fourth-order valence-corrected chi connectivity index (χ4v) is 8.98. The molecule has 2 amide bonds. The number of aromatic amines is 1. The topological polar surface area (TPSA) is 97.8 Å². The molecule has 6 rings (SSSR count). The lowest BCUT2D eigenvalue weighted by Gasteiger charge is -2.40. The van der Waals surface area contributed by atoms with Gasteiger partial charge in [0.15, 0.2) is 5.65 Å². The molecule has 3 aliphatic rings. The summed E-state index contributed by atoms with van der Waals surface area (Å²) in [5.74, 6) is -0.403. The van der Waals surface area contributed by atoms with E-state index in [0.717, 1.165) is 30.6 Å². The number of piperazine rings is 1. The normalized spacial score (nSPS) is 23.2. The Morgan fingerprint density at radius 2 is 1.77 bits per heavy atom. The molecule has 48 heavy (non-hydrogen) atoms. The maximum atomic E-state index is 15.8. The van der Waals surface area contributed by atoms with Crippen molar-refractivity contribution in [1.82, 2.24) is 29.2 Å². The van der Waals surface area contributed by atoms with E-state index in [9.17, 15) is 14.4 Å². The number of piperidine rings is 1. The number of nitrogens with one attached hydrogen (secondary N) is 1. The van der Waals surface area contributed by atoms with Crippen LogP contribution in [0, 0.1) is 11.2 Å². The number of thioether (sulfide) groups is 1. The number of carbonyl (C=O) groups excluding carboxylic acids is 2. The maximum absolute atomic E-state index is 15.8. The quantitative estimate of drug-likeness (QED) is 0.340. The summed E-state index contributed by atoms with van der Waals surface area (Å²) < 4.78 is 16.6. The molecule has 0 saturated carbocycles. The predicted molar refractivity (Wildman–Crippen MR) is 190 cm³/mol. The molecule has 5 heterocycles. The summed E-state index contributed by atoms with van der Waals surface area (Å²) in [6.45, 7) is 17.4. The molecule has 2 aromatic heterocycles. The lowest BCUT2D eigenvalue weighted by atomic mass is 9.91. The van der Waals surface area contributed by atoms with Crippen LogP contribution >= 0.6 is 11.8 Å². The van der Waals surface area contributed by atoms with Gasteiger partial charge in [-0.2, -0.15) is 0 Å². The van der Waals surface area contributed by atoms with Gasteiger partial charge in [-0.15, -0.1) is 11.8 Å². The van der Waals surface area contributed by atoms with Crippen molar-refractivity contribution in [2.75, 3.05) is 50.7 Å². The second kappa shape index (κ2) is 13.5. The van der Waals surface area contributed by atoms with Crippen LogP contribution in [0.5, 0.6) is 0 Å². The van der Waals surface area contributed by atoms with Crippen molar-refractivity contribution < 1.29 is 14.0 Å². The largest absolute Gasteiger partial charge is 0.366 e. The lowest BCUT2D eigenvalue weighted by molar-refractivity contribution is -0.139. The molecule has 260 valence electrons. The van der Waals surface area contributed by atoms with E-state index in [1.807, 2.05) is 34.9 Å². The van der Waals surface area contributed by atoms with Crippen molar-refractivity contribution in [3.8, 4) is 0 Å². The zero-order chi connectivity index (χ0) is 34.4. The van der Waals surface area contributed by atoms with Crippen LogP contribution in [0.2, 0.25) is 0 Å². The third-order valence-electron chi connectivity index (χ3n) is 10.3. The van der Waals surface area contributed by atoms with Crippen LogP contribution in [-0.2, 0) is 9.59 Å². The number of pyridine rings is 1. The van der Waals surface area contributed by atoms with E-state index in [0.29, 0.717) is 62.9 Å². The molecule has 0 radical (unpaired) electrons. The van der Waals surface area contributed by atoms with Gasteiger partial charge < -0.3 is 14.7 Å². The Bertz CT molecular complexity index is 1700. The molecule has 3 fully saturated rings. The number of amides is 2. The first-order valence-corrected chi connectivity index (χ1v) is 18.2. The monoisotopic (exact) mass is 679 g/mol. The number of benzene rings is 1. The summed E-state index contributed by atoms with van der Waals surface area (Å²) in [6.07, 6.45) is 3.79. The van der Waals surface area contributed by atoms with Gasteiger partial charge in [-0.05, 0) is 63.6 Å². The molecular formula is C36H50FN7O3S. The van der Waals surface area contributed by atoms with E-state index in [1.165, 1.54) is 17.8 Å². The van der Waals surface area contributed by atoms with Crippen LogP contribution in [0.15, 0.2) is 41.3 Å². The molecule has 0 aliphatic carbocycles. The fraction of sp³-hybridized carbons (Fsp3) is 0.611. The van der Waals surface area contributed by atoms with Gasteiger partial charge in [0.25, 0.3) is 0 Å². The average molecular weight is 680 g/mol. The molecule has 10 nitrogen and oxygen atoms in total. The fourth-order valence-electron chi connectivity index (χ4n) is 7.42. The summed E-state index contributed by atoms with van der Waals surface area (Å²) in [5.41, 5.74) is 2.52. The zero-order valence-electron chi connectivity index (χ0n) is 29.2. The summed E-state index contributed by atoms with van der Waals surface area (Å²) >= 11 is 1.49. The molecule has 0 spiro atoms. The molecule has 0 bridgehead atoms. The summed E-state index contributed by atoms with van der Waals surface area (Å²) in [5, 5.41) is -0.403. The van der Waals surface area contributed by atoms with E-state index in [4.69, 9.17) is 0 Å². The number of H-pyrrole nitrogens is 1. The molecule has 1 aromatic carbocycles. The van der Waals surface area contributed by atoms with Gasteiger partial charge in [0.2, 0.25) is 11.8 Å². The smallest absolute Gasteiger partial charge is 0.327 e. The SMILES string of the molecule is CC(C)N1CCN(c2c(F)cccc2[C@H]2S[C@@](C)(CC(=O)N3CCC(n4c(=O)[nH]c5ncccc54)CC3)C(=O)N2CCC(C)(C)C)CC1. The number of likely N-dealkylation sites (tertiary alicyclic amines) is 1. The number of aromatic nitrogens is 3. The maximum Gasteiger partial charge on any atom is 0.327 e. The van der Waals surface area contributed by atoms with E-state index in [-0.39, 0.29) is 41.2 Å². The van der Waals surface area contributed by atoms with Crippen LogP contribution in [0.1, 0.15) is 84.2 Å². The molecule has 3 aliphatic heterocycles. The summed E-state index contributed by atoms with van der Waals surface area (Å²) in [4.78, 5) is 56.4. The van der Waals surface area contributed by atoms with Crippen LogP contribution in [-0.4, -0.2) is 97.7 Å². The van der Waals surface area contributed by atoms with Crippen molar-refractivity contribution >= 4 is 40.4 Å². The number of halogens is 1. The Kier molecular flexibility index (Phi) is 9.70. The van der Waals surface area contributed by atoms with E-state index < -0.39 is 10.1 Å². The third-order valence-corrected chi connectivity index (χ3v) is 11.8. The van der Waals surface area contributed by atoms with Gasteiger partial charge in [-0.25, -0.2) is 14.2 Å². The van der Waals surface area contributed by atoms with Crippen molar-refractivity contribution in [3.05, 3.63) is 58.4 Å². The molecule has 12 heteroatoms. The number of hydrogen-bond donors (Lipinski definition) is 1. The Hall–Kier alpha value is -3.38. The highest BCUT2D eigenvalue weighted by Gasteiger charge is 2.52. The first-order chi connectivity index (χ1) is 22.8. The van der Waals surface area contributed by atoms with Gasteiger partial charge in [0, 0.05) is 69.7 Å². The standard InChI is InChI=1S/C36H50FN7O3S/c1-24(2)40-19-21-42(22-20-40)30-26(9-7-10-27(30)37)32-43(18-14-35(3,4)5)33(46)36(6,48-32)23-29(45)41-16-12-25(13-17-41)44-28-11-8-15-38-31(28)39-34(44)47/h7-11,15,24-25,32H,12-14,16-23H2,1-6H3,(H,38,39,47)/t32-,36+/m1/s1. The second-order valence-corrected chi connectivity index (χ2v) is 16.8. The van der Waals surface area contributed by atoms with Gasteiger partial charge in [-0.1, -0.05) is 32.9 Å². The number of carbonyl (C=O) groups is 2. The minimum absolute atomic E-state index is 0.00455. The van der Waals surface area contributed by atoms with Crippen LogP contribution < -0.4 is 10.6 Å². The molecular weight excluding hydrogens is 630 g/mol. The van der Waals surface area contributed by atoms with Crippen LogP contribution in [0.25, 0.3) is 11.2 Å². The first kappa shape index (κ1) is 34.5. The van der Waals surface area contributed by atoms with Crippen LogP contribution in [0.3, 0.4) is 0 Å². The van der Waals surface area contributed by atoms with Gasteiger partial charge >= 0.3 is 5.69 Å². The average Bonchev–Trinajstić information content (AvgIpc) is 3.51. The van der Waals surface area contributed by atoms with Crippen LogP contribution in [0.4, 0.5) is 10.1 Å². The highest BCUT2D eigenvalue weighted by atomic mass is 32.2. The van der Waals surface area contributed by atoms with E-state index in [2.05, 4.69) is 54.4 Å². The number of nitrogens with zero attached hydrogens (tertiary/aromatic N) is 6. The second-order valence-electron chi connectivity index (χ2n) is 15.3. The van der Waals surface area contributed by atoms with Crippen molar-refractivity contribution in [2.45, 2.75) is 89.4 Å². The van der Waals surface area contributed by atoms with Crippen molar-refractivity contribution in [1.29, 1.82) is 0 Å². The van der Waals surface area contributed by atoms with Gasteiger partial charge in [-0.3, -0.25) is 24.0 Å². The van der Waals surface area contributed by atoms with Gasteiger partial charge in [0.05, 0.1) is 17.6 Å². The van der Waals surface area contributed by atoms with E-state index >= 15 is 4.39 Å². The Labute approximate surface area is 287 Å². The number of fused-ring (bicyclic) bond motifs is 1. The van der Waals surface area contributed by atoms with Gasteiger partial charge in [0.1, 0.15) is 15.9 Å². The highest BCUT2D eigenvalue weighted by molar-refractivity contribution is 8.02. The molecule has 0 unspecified atom stereocenters. The highest BCUT2D eigenvalue weighted by Crippen LogP contribution is 2.53. The zero-order valence-corrected chi connectivity index (χ0v) is 30.0. The predicted octanol–water partition coefficient (Wildman–Crippen LogP) is 5.42. The first-order valence-electron chi connectivity index (χ1n) is 17.3. The minimum atomic E-state index is -0.990. The summed E-state index contributed by atoms with van der Waals surface area (Å²) in [6, 6.07) is 9.32. The third kappa shape index (κ3) is 6.88. The van der Waals surface area contributed by atoms with Crippen molar-refractivity contribution in [3.63, 3.8) is 0 Å². The molecule has 2 atom stereocenters. The Balaban J connectivity index is 1.21. The van der Waals surface area contributed by atoms with E-state index in [1.54, 1.807) is 16.8 Å². The number of rotatable bonds is 8. The lowest BCUT2D eigenvalue weighted by Crippen LogP contribution is -2.49. The number of hydrogen-bond acceptors (Lipinski definition) is 7. The molecule has 3 saturated heterocycles. The number of para-hydroxylation sites is 1. The summed E-state index contributed by atoms with van der Waals surface area (Å²) in [7, 11) is 0. The molecule has 3 aromatic rings. The Morgan fingerprint density at radius 1 is 1.06 bits per heavy atom. The number of anilines is 1. The Morgan fingerprint density at radius 3 is 2.44 bits per heavy atom.